The van der Waals surface area contributed by atoms with Crippen molar-refractivity contribution in [2.45, 2.75) is 36.5 Å². The third kappa shape index (κ3) is 4.77. The van der Waals surface area contributed by atoms with Crippen molar-refractivity contribution in [3.05, 3.63) is 34.9 Å². The molecule has 7 heteroatoms. The standard InChI is InChI=1S/C14H18ClN5S/c1-8(2)18-7-9-5-10(15)3-4-11(9)21-14-19-12(16)6-13(17)20-14/h3-6,8,18H,7H2,1-2H3,(H4,16,17,19,20). The number of benzene rings is 1. The highest BCUT2D eigenvalue weighted by Crippen LogP contribution is 2.30. The molecular formula is C14H18ClN5S. The van der Waals surface area contributed by atoms with Crippen LogP contribution in [0, 0.1) is 0 Å². The Bertz CT molecular complexity index is 613. The quantitative estimate of drug-likeness (QED) is 0.733. The van der Waals surface area contributed by atoms with Gasteiger partial charge in [0.2, 0.25) is 0 Å². The monoisotopic (exact) mass is 323 g/mol. The van der Waals surface area contributed by atoms with E-state index in [9.17, 15) is 0 Å². The van der Waals surface area contributed by atoms with Crippen LogP contribution in [0.1, 0.15) is 19.4 Å². The van der Waals surface area contributed by atoms with Crippen molar-refractivity contribution in [3.8, 4) is 0 Å². The van der Waals surface area contributed by atoms with Crippen molar-refractivity contribution in [2.24, 2.45) is 0 Å². The average molecular weight is 324 g/mol. The minimum Gasteiger partial charge on any atom is -0.383 e. The van der Waals surface area contributed by atoms with Gasteiger partial charge in [-0.05, 0) is 35.5 Å². The van der Waals surface area contributed by atoms with Crippen molar-refractivity contribution in [3.63, 3.8) is 0 Å². The Morgan fingerprint density at radius 3 is 2.48 bits per heavy atom. The van der Waals surface area contributed by atoms with E-state index in [0.29, 0.717) is 27.9 Å². The Morgan fingerprint density at radius 1 is 1.19 bits per heavy atom. The molecule has 1 aromatic heterocycles. The molecule has 21 heavy (non-hydrogen) atoms. The summed E-state index contributed by atoms with van der Waals surface area (Å²) < 4.78 is 0. The van der Waals surface area contributed by atoms with E-state index in [4.69, 9.17) is 23.1 Å². The van der Waals surface area contributed by atoms with Crippen LogP contribution in [-0.4, -0.2) is 16.0 Å². The third-order valence-electron chi connectivity index (χ3n) is 2.67. The molecule has 0 aliphatic carbocycles. The molecule has 0 radical (unpaired) electrons. The first kappa shape index (κ1) is 15.9. The predicted octanol–water partition coefficient (Wildman–Crippen LogP) is 2.94. The lowest BCUT2D eigenvalue weighted by Crippen LogP contribution is -2.22. The summed E-state index contributed by atoms with van der Waals surface area (Å²) in [6, 6.07) is 7.66. The van der Waals surface area contributed by atoms with Gasteiger partial charge in [-0.3, -0.25) is 0 Å². The molecule has 0 fully saturated rings. The SMILES string of the molecule is CC(C)NCc1cc(Cl)ccc1Sc1nc(N)cc(N)n1. The summed E-state index contributed by atoms with van der Waals surface area (Å²) in [4.78, 5) is 9.39. The third-order valence-corrected chi connectivity index (χ3v) is 3.89. The summed E-state index contributed by atoms with van der Waals surface area (Å²) in [6.45, 7) is 4.91. The fourth-order valence-corrected chi connectivity index (χ4v) is 2.80. The molecule has 2 aromatic rings. The highest BCUT2D eigenvalue weighted by atomic mass is 35.5. The van der Waals surface area contributed by atoms with Crippen LogP contribution >= 0.6 is 23.4 Å². The van der Waals surface area contributed by atoms with E-state index in [1.807, 2.05) is 18.2 Å². The summed E-state index contributed by atoms with van der Waals surface area (Å²) >= 11 is 7.50. The summed E-state index contributed by atoms with van der Waals surface area (Å²) in [7, 11) is 0. The van der Waals surface area contributed by atoms with Crippen LogP contribution in [0.4, 0.5) is 11.6 Å². The summed E-state index contributed by atoms with van der Waals surface area (Å²) in [6.07, 6.45) is 0. The average Bonchev–Trinajstić information content (AvgIpc) is 2.37. The number of rotatable bonds is 5. The molecule has 112 valence electrons. The number of hydrogen-bond acceptors (Lipinski definition) is 6. The Labute approximate surface area is 133 Å². The number of nitrogens with zero attached hydrogens (tertiary/aromatic N) is 2. The zero-order valence-corrected chi connectivity index (χ0v) is 13.5. The minimum absolute atomic E-state index is 0.362. The van der Waals surface area contributed by atoms with Crippen molar-refractivity contribution < 1.29 is 0 Å². The van der Waals surface area contributed by atoms with Gasteiger partial charge in [-0.15, -0.1) is 0 Å². The Balaban J connectivity index is 2.25. The van der Waals surface area contributed by atoms with E-state index in [1.165, 1.54) is 17.8 Å². The van der Waals surface area contributed by atoms with Crippen LogP contribution in [-0.2, 0) is 6.54 Å². The highest BCUT2D eigenvalue weighted by molar-refractivity contribution is 7.99. The van der Waals surface area contributed by atoms with Crippen LogP contribution < -0.4 is 16.8 Å². The number of anilines is 2. The molecule has 0 spiro atoms. The maximum atomic E-state index is 6.08. The zero-order chi connectivity index (χ0) is 15.4. The van der Waals surface area contributed by atoms with E-state index < -0.39 is 0 Å². The van der Waals surface area contributed by atoms with Crippen molar-refractivity contribution in [2.75, 3.05) is 11.5 Å². The maximum Gasteiger partial charge on any atom is 0.196 e. The number of nitrogen functional groups attached to an aromatic ring is 2. The first-order chi connectivity index (χ1) is 9.94. The first-order valence-corrected chi connectivity index (χ1v) is 7.73. The van der Waals surface area contributed by atoms with Crippen molar-refractivity contribution >= 4 is 35.0 Å². The minimum atomic E-state index is 0.362. The molecule has 0 amide bonds. The number of nitrogens with two attached hydrogens (primary N) is 2. The molecule has 0 aliphatic rings. The molecule has 0 saturated heterocycles. The van der Waals surface area contributed by atoms with Crippen LogP contribution in [0.2, 0.25) is 5.02 Å². The number of hydrogen-bond donors (Lipinski definition) is 3. The number of aromatic nitrogens is 2. The van der Waals surface area contributed by atoms with E-state index in [0.717, 1.165) is 17.0 Å². The van der Waals surface area contributed by atoms with Crippen LogP contribution in [0.5, 0.6) is 0 Å². The molecule has 0 atom stereocenters. The van der Waals surface area contributed by atoms with Crippen LogP contribution in [0.25, 0.3) is 0 Å². The summed E-state index contributed by atoms with van der Waals surface area (Å²) in [5, 5.41) is 4.61. The number of halogens is 1. The highest BCUT2D eigenvalue weighted by Gasteiger charge is 2.09. The van der Waals surface area contributed by atoms with E-state index in [2.05, 4.69) is 29.1 Å². The maximum absolute atomic E-state index is 6.08. The fraction of sp³-hybridized carbons (Fsp3) is 0.286. The predicted molar refractivity (Wildman–Crippen MR) is 88.4 cm³/mol. The van der Waals surface area contributed by atoms with Crippen molar-refractivity contribution in [1.29, 1.82) is 0 Å². The molecule has 1 heterocycles. The molecule has 5 nitrogen and oxygen atoms in total. The summed E-state index contributed by atoms with van der Waals surface area (Å²) in [5.41, 5.74) is 12.5. The van der Waals surface area contributed by atoms with E-state index in [1.54, 1.807) is 0 Å². The normalized spacial score (nSPS) is 11.0. The second-order valence-corrected chi connectivity index (χ2v) is 6.34. The molecule has 0 aliphatic heterocycles. The topological polar surface area (TPSA) is 89.8 Å². The Hall–Kier alpha value is -1.50. The molecule has 0 unspecified atom stereocenters. The molecule has 1 aromatic carbocycles. The van der Waals surface area contributed by atoms with Gasteiger partial charge in [-0.2, -0.15) is 0 Å². The smallest absolute Gasteiger partial charge is 0.196 e. The lowest BCUT2D eigenvalue weighted by molar-refractivity contribution is 0.585. The first-order valence-electron chi connectivity index (χ1n) is 6.53. The summed E-state index contributed by atoms with van der Waals surface area (Å²) in [5.74, 6) is 0.724. The van der Waals surface area contributed by atoms with Gasteiger partial charge in [0.25, 0.3) is 0 Å². The van der Waals surface area contributed by atoms with E-state index >= 15 is 0 Å². The Morgan fingerprint density at radius 2 is 1.86 bits per heavy atom. The lowest BCUT2D eigenvalue weighted by atomic mass is 10.2. The van der Waals surface area contributed by atoms with Gasteiger partial charge < -0.3 is 16.8 Å². The van der Waals surface area contributed by atoms with Crippen molar-refractivity contribution in [1.82, 2.24) is 15.3 Å². The number of nitrogens with one attached hydrogen (secondary N) is 1. The second kappa shape index (κ2) is 6.98. The van der Waals surface area contributed by atoms with E-state index in [-0.39, 0.29) is 0 Å². The van der Waals surface area contributed by atoms with Crippen LogP contribution in [0.3, 0.4) is 0 Å². The lowest BCUT2D eigenvalue weighted by Gasteiger charge is -2.12. The molecule has 0 saturated carbocycles. The molecule has 2 rings (SSSR count). The largest absolute Gasteiger partial charge is 0.383 e. The van der Waals surface area contributed by atoms with Crippen LogP contribution in [0.15, 0.2) is 34.3 Å². The zero-order valence-electron chi connectivity index (χ0n) is 11.9. The molecule has 0 bridgehead atoms. The molecule has 5 N–H and O–H groups in total. The van der Waals surface area contributed by atoms with Gasteiger partial charge in [0.1, 0.15) is 11.6 Å². The second-order valence-electron chi connectivity index (χ2n) is 4.89. The van der Waals surface area contributed by atoms with Gasteiger partial charge in [-0.25, -0.2) is 9.97 Å². The molecular weight excluding hydrogens is 306 g/mol. The van der Waals surface area contributed by atoms with Gasteiger partial charge in [0, 0.05) is 28.6 Å². The van der Waals surface area contributed by atoms with Gasteiger partial charge in [0.15, 0.2) is 5.16 Å². The Kier molecular flexibility index (Phi) is 5.27. The van der Waals surface area contributed by atoms with Gasteiger partial charge in [-0.1, -0.05) is 25.4 Å². The van der Waals surface area contributed by atoms with Gasteiger partial charge in [0.05, 0.1) is 0 Å². The fourth-order valence-electron chi connectivity index (χ4n) is 1.71. The van der Waals surface area contributed by atoms with Gasteiger partial charge >= 0.3 is 0 Å².